The highest BCUT2D eigenvalue weighted by Gasteiger charge is 2.34. The molecule has 0 aromatic carbocycles. The maximum atomic E-state index is 12.0. The lowest BCUT2D eigenvalue weighted by Gasteiger charge is -2.25. The summed E-state index contributed by atoms with van der Waals surface area (Å²) in [6.45, 7) is 3.21. The minimum atomic E-state index is -3.86. The summed E-state index contributed by atoms with van der Waals surface area (Å²) in [5.74, 6) is -1.79. The van der Waals surface area contributed by atoms with Crippen molar-refractivity contribution in [2.45, 2.75) is 36.4 Å². The molecule has 0 aliphatic carbocycles. The number of hydrogen-bond donors (Lipinski definition) is 3. The lowest BCUT2D eigenvalue weighted by atomic mass is 9.96. The van der Waals surface area contributed by atoms with Crippen molar-refractivity contribution in [1.82, 2.24) is 5.32 Å². The number of primary sulfonamides is 1. The molecular weight excluding hydrogens is 304 g/mol. The van der Waals surface area contributed by atoms with E-state index in [4.69, 9.17) is 10.2 Å². The van der Waals surface area contributed by atoms with Gasteiger partial charge in [0.15, 0.2) is 0 Å². The number of sulfonamides is 1. The molecule has 0 spiro atoms. The Balaban J connectivity index is 2.96. The number of rotatable bonds is 6. The van der Waals surface area contributed by atoms with Gasteiger partial charge in [0.25, 0.3) is 5.91 Å². The van der Waals surface area contributed by atoms with Crippen LogP contribution in [0.3, 0.4) is 0 Å². The lowest BCUT2D eigenvalue weighted by Crippen LogP contribution is -2.52. The molecule has 1 amide bonds. The molecule has 0 aliphatic heterocycles. The number of aliphatic carboxylic acids is 1. The first-order valence-electron chi connectivity index (χ1n) is 5.77. The van der Waals surface area contributed by atoms with Crippen molar-refractivity contribution in [2.24, 2.45) is 5.14 Å². The van der Waals surface area contributed by atoms with E-state index < -0.39 is 27.4 Å². The second-order valence-electron chi connectivity index (χ2n) is 4.54. The second-order valence-corrected chi connectivity index (χ2v) is 7.24. The largest absolute Gasteiger partial charge is 0.480 e. The summed E-state index contributed by atoms with van der Waals surface area (Å²) in [4.78, 5) is 23.2. The third kappa shape index (κ3) is 3.78. The number of carbonyl (C=O) groups excluding carboxylic acids is 1. The summed E-state index contributed by atoms with van der Waals surface area (Å²) < 4.78 is 22.1. The average Bonchev–Trinajstić information content (AvgIpc) is 2.77. The molecule has 1 aromatic rings. The van der Waals surface area contributed by atoms with Gasteiger partial charge in [0.1, 0.15) is 9.75 Å². The van der Waals surface area contributed by atoms with Gasteiger partial charge in [-0.15, -0.1) is 11.3 Å². The van der Waals surface area contributed by atoms with Crippen LogP contribution in [-0.4, -0.2) is 30.9 Å². The number of amides is 1. The monoisotopic (exact) mass is 320 g/mol. The quantitative estimate of drug-likeness (QED) is 0.713. The van der Waals surface area contributed by atoms with Gasteiger partial charge in [0, 0.05) is 5.38 Å². The molecule has 7 nitrogen and oxygen atoms in total. The van der Waals surface area contributed by atoms with Gasteiger partial charge in [-0.05, 0) is 19.4 Å². The normalized spacial score (nSPS) is 14.6. The third-order valence-electron chi connectivity index (χ3n) is 2.73. The molecule has 1 unspecified atom stereocenters. The SMILES string of the molecule is CCCC(C)(NC(=O)c1csc(S(N)(=O)=O)c1)C(=O)O. The van der Waals surface area contributed by atoms with Gasteiger partial charge < -0.3 is 10.4 Å². The molecular formula is C11H16N2O5S2. The average molecular weight is 320 g/mol. The van der Waals surface area contributed by atoms with Crippen molar-refractivity contribution in [2.75, 3.05) is 0 Å². The van der Waals surface area contributed by atoms with Crippen LogP contribution in [-0.2, 0) is 14.8 Å². The van der Waals surface area contributed by atoms with Crippen LogP contribution in [0.4, 0.5) is 0 Å². The summed E-state index contributed by atoms with van der Waals surface area (Å²) in [5, 5.41) is 17.8. The van der Waals surface area contributed by atoms with Crippen LogP contribution in [0.15, 0.2) is 15.7 Å². The van der Waals surface area contributed by atoms with Crippen LogP contribution >= 0.6 is 11.3 Å². The van der Waals surface area contributed by atoms with Crippen LogP contribution in [0.25, 0.3) is 0 Å². The number of carboxylic acid groups (broad SMARTS) is 1. The molecule has 20 heavy (non-hydrogen) atoms. The van der Waals surface area contributed by atoms with Gasteiger partial charge in [-0.25, -0.2) is 18.4 Å². The fourth-order valence-electron chi connectivity index (χ4n) is 1.63. The zero-order valence-corrected chi connectivity index (χ0v) is 12.7. The van der Waals surface area contributed by atoms with Crippen LogP contribution in [0.5, 0.6) is 0 Å². The summed E-state index contributed by atoms with van der Waals surface area (Å²) in [5.41, 5.74) is -1.32. The van der Waals surface area contributed by atoms with Gasteiger partial charge in [0.05, 0.1) is 5.56 Å². The Morgan fingerprint density at radius 3 is 2.50 bits per heavy atom. The van der Waals surface area contributed by atoms with Crippen LogP contribution in [0.1, 0.15) is 37.0 Å². The van der Waals surface area contributed by atoms with Crippen molar-refractivity contribution in [3.63, 3.8) is 0 Å². The summed E-state index contributed by atoms with van der Waals surface area (Å²) in [6, 6.07) is 1.13. The Bertz CT molecular complexity index is 623. The molecule has 1 rings (SSSR count). The van der Waals surface area contributed by atoms with E-state index in [2.05, 4.69) is 5.32 Å². The van der Waals surface area contributed by atoms with E-state index in [1.54, 1.807) is 6.92 Å². The predicted octanol–water partition coefficient (Wildman–Crippen LogP) is 0.769. The molecule has 1 aromatic heterocycles. The van der Waals surface area contributed by atoms with Crippen molar-refractivity contribution in [3.05, 3.63) is 17.0 Å². The smallest absolute Gasteiger partial charge is 0.329 e. The maximum absolute atomic E-state index is 12.0. The summed E-state index contributed by atoms with van der Waals surface area (Å²) in [6.07, 6.45) is 0.843. The Labute approximate surface area is 120 Å². The van der Waals surface area contributed by atoms with Crippen LogP contribution in [0.2, 0.25) is 0 Å². The molecule has 0 saturated carbocycles. The zero-order valence-electron chi connectivity index (χ0n) is 11.0. The predicted molar refractivity (Wildman–Crippen MR) is 74.1 cm³/mol. The van der Waals surface area contributed by atoms with Crippen molar-refractivity contribution < 1.29 is 23.1 Å². The Hall–Kier alpha value is -1.45. The lowest BCUT2D eigenvalue weighted by molar-refractivity contribution is -0.144. The maximum Gasteiger partial charge on any atom is 0.329 e. The Kier molecular flexibility index (Phi) is 4.90. The topological polar surface area (TPSA) is 127 Å². The van der Waals surface area contributed by atoms with E-state index in [9.17, 15) is 18.0 Å². The molecule has 1 heterocycles. The molecule has 0 bridgehead atoms. The highest BCUT2D eigenvalue weighted by molar-refractivity contribution is 7.91. The summed E-state index contributed by atoms with van der Waals surface area (Å²) in [7, 11) is -3.86. The van der Waals surface area contributed by atoms with Gasteiger partial charge >= 0.3 is 5.97 Å². The van der Waals surface area contributed by atoms with Crippen molar-refractivity contribution >= 4 is 33.2 Å². The van der Waals surface area contributed by atoms with E-state index in [0.29, 0.717) is 6.42 Å². The first-order chi connectivity index (χ1) is 9.10. The van der Waals surface area contributed by atoms with Gasteiger partial charge in [-0.3, -0.25) is 4.79 Å². The minimum Gasteiger partial charge on any atom is -0.480 e. The van der Waals surface area contributed by atoms with Gasteiger partial charge in [-0.2, -0.15) is 0 Å². The number of nitrogens with two attached hydrogens (primary N) is 1. The van der Waals surface area contributed by atoms with Gasteiger partial charge in [0.2, 0.25) is 10.0 Å². The van der Waals surface area contributed by atoms with Gasteiger partial charge in [-0.1, -0.05) is 13.3 Å². The van der Waals surface area contributed by atoms with E-state index in [0.717, 1.165) is 17.4 Å². The number of carbonyl (C=O) groups is 2. The highest BCUT2D eigenvalue weighted by atomic mass is 32.2. The Morgan fingerprint density at radius 2 is 2.10 bits per heavy atom. The van der Waals surface area contributed by atoms with E-state index in [1.165, 1.54) is 12.3 Å². The number of carboxylic acids is 1. The number of thiophene rings is 1. The first kappa shape index (κ1) is 16.6. The highest BCUT2D eigenvalue weighted by Crippen LogP contribution is 2.20. The molecule has 0 radical (unpaired) electrons. The fourth-order valence-corrected chi connectivity index (χ4v) is 3.22. The van der Waals surface area contributed by atoms with E-state index in [1.807, 2.05) is 0 Å². The molecule has 0 aliphatic rings. The fraction of sp³-hybridized carbons (Fsp3) is 0.455. The van der Waals surface area contributed by atoms with Crippen LogP contribution in [0, 0.1) is 0 Å². The second kappa shape index (κ2) is 5.90. The van der Waals surface area contributed by atoms with E-state index in [-0.39, 0.29) is 16.2 Å². The number of nitrogens with one attached hydrogen (secondary N) is 1. The molecule has 0 saturated heterocycles. The first-order valence-corrected chi connectivity index (χ1v) is 8.20. The molecule has 0 fully saturated rings. The summed E-state index contributed by atoms with van der Waals surface area (Å²) >= 11 is 0.811. The van der Waals surface area contributed by atoms with Crippen molar-refractivity contribution in [1.29, 1.82) is 0 Å². The van der Waals surface area contributed by atoms with E-state index >= 15 is 0 Å². The minimum absolute atomic E-state index is 0.0719. The standard InChI is InChI=1S/C11H16N2O5S2/c1-3-4-11(2,10(15)16)13-9(14)7-5-8(19-6-7)20(12,17)18/h5-6H,3-4H2,1-2H3,(H,13,14)(H,15,16)(H2,12,17,18). The molecule has 4 N–H and O–H groups in total. The molecule has 1 atom stereocenters. The van der Waals surface area contributed by atoms with Crippen LogP contribution < -0.4 is 10.5 Å². The molecule has 112 valence electrons. The van der Waals surface area contributed by atoms with Crippen molar-refractivity contribution in [3.8, 4) is 0 Å². The third-order valence-corrected chi connectivity index (χ3v) is 5.12. The molecule has 9 heteroatoms. The number of hydrogen-bond acceptors (Lipinski definition) is 5. The Morgan fingerprint density at radius 1 is 1.50 bits per heavy atom. The zero-order chi connectivity index (χ0) is 15.6.